The van der Waals surface area contributed by atoms with Crippen LogP contribution in [-0.2, 0) is 0 Å². The quantitative estimate of drug-likeness (QED) is 0.186. The second-order valence-corrected chi connectivity index (χ2v) is 12.3. The van der Waals surface area contributed by atoms with Crippen LogP contribution in [-0.4, -0.2) is 19.9 Å². The van der Waals surface area contributed by atoms with Crippen molar-refractivity contribution in [3.8, 4) is 56.7 Å². The molecule has 0 radical (unpaired) electrons. The Morgan fingerprint density at radius 2 is 0.820 bits per heavy atom. The summed E-state index contributed by atoms with van der Waals surface area (Å²) in [4.78, 5) is 20.0. The van der Waals surface area contributed by atoms with Gasteiger partial charge < -0.3 is 8.83 Å². The maximum Gasteiger partial charge on any atom is 0.227 e. The lowest BCUT2D eigenvalue weighted by Crippen LogP contribution is -2.00. The molecule has 0 saturated carbocycles. The van der Waals surface area contributed by atoms with E-state index in [-0.39, 0.29) is 0 Å². The average molecular weight is 643 g/mol. The molecule has 0 atom stereocenters. The minimum atomic E-state index is 0.575. The fraction of sp³-hybridized carbons (Fsp3) is 0. The zero-order valence-corrected chi connectivity index (χ0v) is 26.6. The number of benzene rings is 7. The van der Waals surface area contributed by atoms with Gasteiger partial charge in [0.2, 0.25) is 5.89 Å². The first kappa shape index (κ1) is 28.1. The summed E-state index contributed by atoms with van der Waals surface area (Å²) in [6, 6.07) is 53.0. The Hall–Kier alpha value is -6.92. The third-order valence-corrected chi connectivity index (χ3v) is 9.17. The Kier molecular flexibility index (Phi) is 6.39. The molecule has 234 valence electrons. The second kappa shape index (κ2) is 11.4. The third-order valence-electron chi connectivity index (χ3n) is 9.17. The van der Waals surface area contributed by atoms with Gasteiger partial charge in [-0.2, -0.15) is 0 Å². The average Bonchev–Trinajstić information content (AvgIpc) is 3.81. The molecule has 0 aliphatic heterocycles. The fourth-order valence-corrected chi connectivity index (χ4v) is 6.70. The molecule has 7 aromatic carbocycles. The van der Waals surface area contributed by atoms with E-state index in [0.717, 1.165) is 71.6 Å². The maximum atomic E-state index is 6.40. The molecule has 0 unspecified atom stereocenters. The molecular weight excluding hydrogens is 617 g/mol. The summed E-state index contributed by atoms with van der Waals surface area (Å²) in [7, 11) is 0. The molecule has 0 amide bonds. The Bertz CT molecular complexity index is 2840. The molecule has 0 aliphatic carbocycles. The number of rotatable bonds is 5. The van der Waals surface area contributed by atoms with Crippen molar-refractivity contribution in [2.75, 3.05) is 0 Å². The molecule has 10 aromatic rings. The van der Waals surface area contributed by atoms with Crippen LogP contribution in [0.15, 0.2) is 167 Å². The number of oxazole rings is 1. The third kappa shape index (κ3) is 4.73. The number of fused-ring (bicyclic) bond motifs is 7. The molecule has 50 heavy (non-hydrogen) atoms. The van der Waals surface area contributed by atoms with Crippen molar-refractivity contribution in [1.82, 2.24) is 19.9 Å². The van der Waals surface area contributed by atoms with Gasteiger partial charge in [0.05, 0.1) is 5.39 Å². The van der Waals surface area contributed by atoms with Crippen LogP contribution in [0.5, 0.6) is 0 Å². The van der Waals surface area contributed by atoms with E-state index >= 15 is 0 Å². The zero-order chi connectivity index (χ0) is 33.0. The number of furan rings is 1. The fourth-order valence-electron chi connectivity index (χ4n) is 6.70. The lowest BCUT2D eigenvalue weighted by atomic mass is 10.0. The van der Waals surface area contributed by atoms with Gasteiger partial charge in [-0.15, -0.1) is 0 Å². The van der Waals surface area contributed by atoms with Crippen LogP contribution in [0.25, 0.3) is 101 Å². The van der Waals surface area contributed by atoms with Crippen LogP contribution in [0.4, 0.5) is 0 Å². The highest BCUT2D eigenvalue weighted by atomic mass is 16.4. The zero-order valence-electron chi connectivity index (χ0n) is 26.6. The summed E-state index contributed by atoms with van der Waals surface area (Å²) in [6.45, 7) is 0. The van der Waals surface area contributed by atoms with E-state index in [1.54, 1.807) is 0 Å². The maximum absolute atomic E-state index is 6.40. The van der Waals surface area contributed by atoms with Crippen molar-refractivity contribution in [2.45, 2.75) is 0 Å². The largest absolute Gasteiger partial charge is 0.456 e. The normalized spacial score (nSPS) is 11.6. The monoisotopic (exact) mass is 642 g/mol. The summed E-state index contributed by atoms with van der Waals surface area (Å²) in [5, 5.41) is 3.99. The minimum Gasteiger partial charge on any atom is -0.456 e. The Balaban J connectivity index is 1.16. The van der Waals surface area contributed by atoms with Gasteiger partial charge in [0.15, 0.2) is 23.1 Å². The summed E-state index contributed by atoms with van der Waals surface area (Å²) >= 11 is 0. The first-order valence-electron chi connectivity index (χ1n) is 16.5. The summed E-state index contributed by atoms with van der Waals surface area (Å²) in [6.07, 6.45) is 0. The van der Waals surface area contributed by atoms with Crippen molar-refractivity contribution in [1.29, 1.82) is 0 Å². The summed E-state index contributed by atoms with van der Waals surface area (Å²) in [5.41, 5.74) is 8.94. The van der Waals surface area contributed by atoms with Gasteiger partial charge in [-0.05, 0) is 58.3 Å². The molecule has 0 saturated heterocycles. The van der Waals surface area contributed by atoms with E-state index in [4.69, 9.17) is 28.8 Å². The van der Waals surface area contributed by atoms with Crippen molar-refractivity contribution < 1.29 is 8.83 Å². The van der Waals surface area contributed by atoms with Gasteiger partial charge in [0.1, 0.15) is 16.7 Å². The predicted molar refractivity (Wildman–Crippen MR) is 199 cm³/mol. The highest BCUT2D eigenvalue weighted by Crippen LogP contribution is 2.40. The van der Waals surface area contributed by atoms with E-state index < -0.39 is 0 Å². The lowest BCUT2D eigenvalue weighted by molar-refractivity contribution is 0.619. The molecule has 0 fully saturated rings. The SMILES string of the molecule is c1ccc(-c2ccc(-c3nc(-c4ccccc4)nc(-c4ccc5ccc6oc7ccc8oc(-c9ccccc9)nc8c7c6c5c4)n3)cc2)cc1. The van der Waals surface area contributed by atoms with Crippen LogP contribution in [0.2, 0.25) is 0 Å². The first-order chi connectivity index (χ1) is 24.7. The number of hydrogen-bond donors (Lipinski definition) is 0. The highest BCUT2D eigenvalue weighted by molar-refractivity contribution is 6.25. The van der Waals surface area contributed by atoms with E-state index in [1.165, 1.54) is 0 Å². The Morgan fingerprint density at radius 1 is 0.340 bits per heavy atom. The molecule has 0 aliphatic rings. The second-order valence-electron chi connectivity index (χ2n) is 12.3. The summed E-state index contributed by atoms with van der Waals surface area (Å²) < 4.78 is 12.7. The molecule has 0 spiro atoms. The summed E-state index contributed by atoms with van der Waals surface area (Å²) in [5.74, 6) is 2.39. The van der Waals surface area contributed by atoms with Crippen LogP contribution >= 0.6 is 0 Å². The standard InChI is InChI=1S/C44H26N4O2/c1-4-10-27(11-5-1)28-16-19-31(20-17-28)42-46-41(30-12-6-2-7-13-30)47-43(48-42)33-21-18-29-22-23-35-38(34(29)26-33)39-36(49-35)24-25-37-40(39)45-44(50-37)32-14-8-3-9-15-32/h1-26H. The van der Waals surface area contributed by atoms with Crippen molar-refractivity contribution in [3.63, 3.8) is 0 Å². The number of hydrogen-bond acceptors (Lipinski definition) is 6. The topological polar surface area (TPSA) is 77.8 Å². The molecule has 3 heterocycles. The number of aromatic nitrogens is 4. The smallest absolute Gasteiger partial charge is 0.227 e. The molecule has 6 heteroatoms. The lowest BCUT2D eigenvalue weighted by Gasteiger charge is -2.10. The molecule has 3 aromatic heterocycles. The van der Waals surface area contributed by atoms with Crippen molar-refractivity contribution in [2.24, 2.45) is 0 Å². The predicted octanol–water partition coefficient (Wildman–Crippen LogP) is 11.4. The van der Waals surface area contributed by atoms with E-state index in [0.29, 0.717) is 28.9 Å². The van der Waals surface area contributed by atoms with Crippen LogP contribution in [0.1, 0.15) is 0 Å². The van der Waals surface area contributed by atoms with Gasteiger partial charge in [-0.3, -0.25) is 0 Å². The molecule has 0 bridgehead atoms. The van der Waals surface area contributed by atoms with Gasteiger partial charge in [0, 0.05) is 27.6 Å². The van der Waals surface area contributed by atoms with Crippen LogP contribution < -0.4 is 0 Å². The molecule has 0 N–H and O–H groups in total. The van der Waals surface area contributed by atoms with Crippen LogP contribution in [0.3, 0.4) is 0 Å². The number of nitrogens with zero attached hydrogens (tertiary/aromatic N) is 4. The molecule has 10 rings (SSSR count). The van der Waals surface area contributed by atoms with E-state index in [1.807, 2.05) is 97.1 Å². The van der Waals surface area contributed by atoms with E-state index in [2.05, 4.69) is 60.7 Å². The van der Waals surface area contributed by atoms with Gasteiger partial charge in [-0.1, -0.05) is 121 Å². The van der Waals surface area contributed by atoms with Crippen molar-refractivity contribution in [3.05, 3.63) is 158 Å². The minimum absolute atomic E-state index is 0.575. The Labute approximate surface area is 286 Å². The van der Waals surface area contributed by atoms with Gasteiger partial charge >= 0.3 is 0 Å². The van der Waals surface area contributed by atoms with Gasteiger partial charge in [0.25, 0.3) is 0 Å². The van der Waals surface area contributed by atoms with Crippen LogP contribution in [0, 0.1) is 0 Å². The Morgan fingerprint density at radius 3 is 1.52 bits per heavy atom. The van der Waals surface area contributed by atoms with E-state index in [9.17, 15) is 0 Å². The van der Waals surface area contributed by atoms with Gasteiger partial charge in [-0.25, -0.2) is 19.9 Å². The van der Waals surface area contributed by atoms with Crippen molar-refractivity contribution >= 4 is 43.8 Å². The highest BCUT2D eigenvalue weighted by Gasteiger charge is 2.19. The molecule has 6 nitrogen and oxygen atoms in total. The molecular formula is C44H26N4O2. The first-order valence-corrected chi connectivity index (χ1v) is 16.5.